The largest absolute Gasteiger partial charge is 0.0713 e. The zero-order valence-electron chi connectivity index (χ0n) is 37.2. The standard InChI is InChI=1S/C58H74/c1-6-9-12-15-18-22-27-46-32-34-48(35-33-46)58(47-28-23-21-24-29-47)55-41-45(5)31-37-50(55)52-42-54-51(43-56(52)58)49-36-30-44(4)40-53(49)57(54,38-25-19-16-13-10-7-2)39-26-20-17-14-11-8-3/h21,23-24,28-37,40-43H,6-20,22,25-27,38-39H2,1-5H3. The van der Waals surface area contributed by atoms with Crippen molar-refractivity contribution in [1.82, 2.24) is 0 Å². The smallest absolute Gasteiger partial charge is 0.0654 e. The average Bonchev–Trinajstić information content (AvgIpc) is 3.67. The van der Waals surface area contributed by atoms with Crippen LogP contribution < -0.4 is 0 Å². The van der Waals surface area contributed by atoms with Crippen LogP contribution in [0.4, 0.5) is 0 Å². The third-order valence-corrected chi connectivity index (χ3v) is 14.3. The number of unbranched alkanes of at least 4 members (excludes halogenated alkanes) is 15. The molecule has 0 bridgehead atoms. The summed E-state index contributed by atoms with van der Waals surface area (Å²) in [6.07, 6.45) is 27.8. The molecule has 58 heavy (non-hydrogen) atoms. The molecule has 0 N–H and O–H groups in total. The molecule has 0 amide bonds. The third kappa shape index (κ3) is 8.56. The van der Waals surface area contributed by atoms with Crippen molar-refractivity contribution < 1.29 is 0 Å². The Morgan fingerprint density at radius 3 is 1.38 bits per heavy atom. The highest BCUT2D eigenvalue weighted by atomic mass is 14.5. The minimum absolute atomic E-state index is 0.0578. The predicted molar refractivity (Wildman–Crippen MR) is 253 cm³/mol. The molecule has 7 rings (SSSR count). The van der Waals surface area contributed by atoms with Gasteiger partial charge in [-0.05, 0) is 113 Å². The summed E-state index contributed by atoms with van der Waals surface area (Å²) in [6.45, 7) is 11.6. The average molecular weight is 771 g/mol. The van der Waals surface area contributed by atoms with Gasteiger partial charge in [-0.15, -0.1) is 0 Å². The monoisotopic (exact) mass is 771 g/mol. The first-order chi connectivity index (χ1) is 28.5. The van der Waals surface area contributed by atoms with Gasteiger partial charge in [0.05, 0.1) is 5.41 Å². The van der Waals surface area contributed by atoms with Gasteiger partial charge in [-0.3, -0.25) is 0 Å². The molecule has 1 unspecified atom stereocenters. The summed E-state index contributed by atoms with van der Waals surface area (Å²) in [5.74, 6) is 0. The third-order valence-electron chi connectivity index (χ3n) is 14.3. The van der Waals surface area contributed by atoms with Gasteiger partial charge in [0, 0.05) is 5.41 Å². The fourth-order valence-electron chi connectivity index (χ4n) is 11.1. The van der Waals surface area contributed by atoms with Crippen molar-refractivity contribution in [3.63, 3.8) is 0 Å². The van der Waals surface area contributed by atoms with Gasteiger partial charge in [-0.1, -0.05) is 232 Å². The molecule has 5 aromatic rings. The second kappa shape index (κ2) is 19.9. The van der Waals surface area contributed by atoms with E-state index in [1.54, 1.807) is 11.1 Å². The molecule has 5 aromatic carbocycles. The summed E-state index contributed by atoms with van der Waals surface area (Å²) in [6, 6.07) is 41.7. The SMILES string of the molecule is CCCCCCCCc1ccc(C2(c3ccccc3)c3cc(C)ccc3-c3cc4c(cc32)-c2ccc(C)cc2C4(CCCCCCCC)CCCCCCCC)cc1. The van der Waals surface area contributed by atoms with Crippen molar-refractivity contribution in [2.24, 2.45) is 0 Å². The summed E-state index contributed by atoms with van der Waals surface area (Å²) < 4.78 is 0. The molecule has 306 valence electrons. The Hall–Kier alpha value is -3.90. The Balaban J connectivity index is 1.37. The highest BCUT2D eigenvalue weighted by Gasteiger charge is 2.50. The van der Waals surface area contributed by atoms with Crippen LogP contribution >= 0.6 is 0 Å². The first-order valence-corrected chi connectivity index (χ1v) is 24.0. The van der Waals surface area contributed by atoms with Gasteiger partial charge < -0.3 is 0 Å². The highest BCUT2D eigenvalue weighted by molar-refractivity contribution is 5.92. The van der Waals surface area contributed by atoms with Crippen molar-refractivity contribution >= 4 is 0 Å². The van der Waals surface area contributed by atoms with E-state index in [0.717, 1.165) is 0 Å². The van der Waals surface area contributed by atoms with Crippen molar-refractivity contribution in [3.05, 3.63) is 153 Å². The van der Waals surface area contributed by atoms with E-state index in [2.05, 4.69) is 138 Å². The number of aryl methyl sites for hydroxylation is 3. The molecule has 0 heteroatoms. The van der Waals surface area contributed by atoms with E-state index in [1.165, 1.54) is 196 Å². The molecule has 2 aliphatic rings. The summed E-state index contributed by atoms with van der Waals surface area (Å²) in [7, 11) is 0. The van der Waals surface area contributed by atoms with Gasteiger partial charge in [-0.25, -0.2) is 0 Å². The Bertz CT molecular complexity index is 2050. The second-order valence-electron chi connectivity index (χ2n) is 18.5. The van der Waals surface area contributed by atoms with Crippen LogP contribution in [0.15, 0.2) is 103 Å². The molecule has 0 aliphatic heterocycles. The molecule has 2 aliphatic carbocycles. The molecule has 0 nitrogen and oxygen atoms in total. The first kappa shape index (κ1) is 42.2. The fraction of sp³-hybridized carbons (Fsp3) is 0.483. The van der Waals surface area contributed by atoms with Gasteiger partial charge in [0.2, 0.25) is 0 Å². The molecule has 1 atom stereocenters. The lowest BCUT2D eigenvalue weighted by Gasteiger charge is -2.35. The number of benzene rings is 5. The number of hydrogen-bond acceptors (Lipinski definition) is 0. The Morgan fingerprint density at radius 1 is 0.362 bits per heavy atom. The topological polar surface area (TPSA) is 0 Å². The number of rotatable bonds is 23. The van der Waals surface area contributed by atoms with E-state index >= 15 is 0 Å². The van der Waals surface area contributed by atoms with Crippen LogP contribution in [0.25, 0.3) is 22.3 Å². The van der Waals surface area contributed by atoms with Gasteiger partial charge in [0.25, 0.3) is 0 Å². The Kier molecular flexibility index (Phi) is 14.5. The van der Waals surface area contributed by atoms with Gasteiger partial charge in [0.1, 0.15) is 0 Å². The van der Waals surface area contributed by atoms with Crippen molar-refractivity contribution in [3.8, 4) is 22.3 Å². The fourth-order valence-corrected chi connectivity index (χ4v) is 11.1. The maximum Gasteiger partial charge on any atom is 0.0713 e. The van der Waals surface area contributed by atoms with Crippen LogP contribution in [-0.4, -0.2) is 0 Å². The zero-order chi connectivity index (χ0) is 40.4. The summed E-state index contributed by atoms with van der Waals surface area (Å²) in [5, 5.41) is 0. The number of fused-ring (bicyclic) bond motifs is 6. The van der Waals surface area contributed by atoms with Gasteiger partial charge >= 0.3 is 0 Å². The molecular formula is C58H74. The minimum Gasteiger partial charge on any atom is -0.0654 e. The van der Waals surface area contributed by atoms with E-state index in [-0.39, 0.29) is 10.8 Å². The first-order valence-electron chi connectivity index (χ1n) is 24.0. The van der Waals surface area contributed by atoms with E-state index in [4.69, 9.17) is 0 Å². The Morgan fingerprint density at radius 2 is 0.793 bits per heavy atom. The Labute approximate surface area is 354 Å². The van der Waals surface area contributed by atoms with Crippen molar-refractivity contribution in [1.29, 1.82) is 0 Å². The molecule has 0 spiro atoms. The summed E-state index contributed by atoms with van der Waals surface area (Å²) in [4.78, 5) is 0. The minimum atomic E-state index is -0.389. The van der Waals surface area contributed by atoms with Crippen LogP contribution in [0, 0.1) is 13.8 Å². The van der Waals surface area contributed by atoms with E-state index in [1.807, 2.05) is 0 Å². The lowest BCUT2D eigenvalue weighted by atomic mass is 9.66. The van der Waals surface area contributed by atoms with Crippen LogP contribution in [0.2, 0.25) is 0 Å². The lowest BCUT2D eigenvalue weighted by molar-refractivity contribution is 0.397. The zero-order valence-corrected chi connectivity index (χ0v) is 37.2. The van der Waals surface area contributed by atoms with Crippen LogP contribution in [0.5, 0.6) is 0 Å². The van der Waals surface area contributed by atoms with Crippen molar-refractivity contribution in [2.75, 3.05) is 0 Å². The quantitative estimate of drug-likeness (QED) is 0.0569. The summed E-state index contributed by atoms with van der Waals surface area (Å²) in [5.41, 5.74) is 18.6. The van der Waals surface area contributed by atoms with Crippen LogP contribution in [0.1, 0.15) is 199 Å². The van der Waals surface area contributed by atoms with Gasteiger partial charge in [0.15, 0.2) is 0 Å². The van der Waals surface area contributed by atoms with E-state index in [0.29, 0.717) is 0 Å². The lowest BCUT2D eigenvalue weighted by Crippen LogP contribution is -2.29. The maximum absolute atomic E-state index is 2.74. The van der Waals surface area contributed by atoms with Crippen LogP contribution in [0.3, 0.4) is 0 Å². The predicted octanol–water partition coefficient (Wildman–Crippen LogP) is 17.3. The highest BCUT2D eigenvalue weighted by Crippen LogP contribution is 2.62. The molecule has 0 heterocycles. The van der Waals surface area contributed by atoms with E-state index in [9.17, 15) is 0 Å². The van der Waals surface area contributed by atoms with Crippen molar-refractivity contribution in [2.45, 2.75) is 180 Å². The molecule has 0 radical (unpaired) electrons. The van der Waals surface area contributed by atoms with Gasteiger partial charge in [-0.2, -0.15) is 0 Å². The molecule has 0 aromatic heterocycles. The van der Waals surface area contributed by atoms with E-state index < -0.39 is 0 Å². The molecule has 0 fully saturated rings. The second-order valence-corrected chi connectivity index (χ2v) is 18.5. The number of hydrogen-bond donors (Lipinski definition) is 0. The summed E-state index contributed by atoms with van der Waals surface area (Å²) >= 11 is 0. The van der Waals surface area contributed by atoms with Crippen LogP contribution in [-0.2, 0) is 17.3 Å². The molecule has 0 saturated heterocycles. The maximum atomic E-state index is 2.74. The molecule has 0 saturated carbocycles. The normalized spacial score (nSPS) is 15.9. The molecular weight excluding hydrogens is 697 g/mol.